The zero-order valence-electron chi connectivity index (χ0n) is 10.5. The molecule has 1 rings (SSSR count). The number of nitrogens with zero attached hydrogens (tertiary/aromatic N) is 1. The summed E-state index contributed by atoms with van der Waals surface area (Å²) in [7, 11) is 0. The van der Waals surface area contributed by atoms with Crippen molar-refractivity contribution in [2.45, 2.75) is 26.8 Å². The van der Waals surface area contributed by atoms with Gasteiger partial charge in [0.05, 0.1) is 10.5 Å². The Kier molecular flexibility index (Phi) is 4.25. The summed E-state index contributed by atoms with van der Waals surface area (Å²) in [5.74, 6) is -0.870. The van der Waals surface area contributed by atoms with Gasteiger partial charge in [-0.1, -0.05) is 13.8 Å². The summed E-state index contributed by atoms with van der Waals surface area (Å²) in [5.41, 5.74) is 0.0260. The van der Waals surface area contributed by atoms with Crippen LogP contribution < -0.4 is 5.32 Å². The Bertz CT molecular complexity index is 471. The van der Waals surface area contributed by atoms with Crippen molar-refractivity contribution in [2.24, 2.45) is 5.92 Å². The maximum atomic E-state index is 10.9. The fraction of sp³-hybridized carbons (Fsp3) is 0.417. The number of hydrogen-bond acceptors (Lipinski definition) is 4. The van der Waals surface area contributed by atoms with Gasteiger partial charge < -0.3 is 10.4 Å². The van der Waals surface area contributed by atoms with E-state index in [4.69, 9.17) is 5.11 Å². The van der Waals surface area contributed by atoms with Gasteiger partial charge in [-0.15, -0.1) is 0 Å². The monoisotopic (exact) mass is 252 g/mol. The van der Waals surface area contributed by atoms with Crippen molar-refractivity contribution in [1.29, 1.82) is 0 Å². The van der Waals surface area contributed by atoms with E-state index in [1.807, 2.05) is 20.8 Å². The van der Waals surface area contributed by atoms with Crippen LogP contribution in [0.2, 0.25) is 0 Å². The van der Waals surface area contributed by atoms with E-state index in [0.29, 0.717) is 11.6 Å². The van der Waals surface area contributed by atoms with Crippen LogP contribution in [0, 0.1) is 16.0 Å². The minimum Gasteiger partial charge on any atom is -0.478 e. The Balaban J connectivity index is 3.12. The van der Waals surface area contributed by atoms with Crippen LogP contribution in [-0.2, 0) is 0 Å². The van der Waals surface area contributed by atoms with Crippen molar-refractivity contribution >= 4 is 17.3 Å². The van der Waals surface area contributed by atoms with Crippen molar-refractivity contribution in [3.8, 4) is 0 Å². The molecule has 0 fully saturated rings. The lowest BCUT2D eigenvalue weighted by atomic mass is 10.1. The van der Waals surface area contributed by atoms with Crippen LogP contribution in [0.25, 0.3) is 0 Å². The summed E-state index contributed by atoms with van der Waals surface area (Å²) in [5, 5.41) is 22.8. The molecule has 1 atom stereocenters. The Morgan fingerprint density at radius 1 is 1.39 bits per heavy atom. The van der Waals surface area contributed by atoms with Crippen molar-refractivity contribution in [1.82, 2.24) is 0 Å². The van der Waals surface area contributed by atoms with E-state index in [2.05, 4.69) is 5.32 Å². The highest BCUT2D eigenvalue weighted by Gasteiger charge is 2.19. The van der Waals surface area contributed by atoms with E-state index in [0.717, 1.165) is 6.07 Å². The third-order valence-corrected chi connectivity index (χ3v) is 2.82. The highest BCUT2D eigenvalue weighted by Crippen LogP contribution is 2.27. The van der Waals surface area contributed by atoms with E-state index in [1.54, 1.807) is 0 Å². The van der Waals surface area contributed by atoms with Gasteiger partial charge in [-0.3, -0.25) is 10.1 Å². The quantitative estimate of drug-likeness (QED) is 0.620. The minimum atomic E-state index is -1.18. The smallest absolute Gasteiger partial charge is 0.335 e. The number of carboxylic acid groups (broad SMARTS) is 1. The van der Waals surface area contributed by atoms with Crippen LogP contribution in [0.15, 0.2) is 18.2 Å². The normalized spacial score (nSPS) is 12.2. The Morgan fingerprint density at radius 2 is 2.00 bits per heavy atom. The first-order valence-corrected chi connectivity index (χ1v) is 5.61. The van der Waals surface area contributed by atoms with Gasteiger partial charge in [0.15, 0.2) is 0 Å². The molecule has 0 radical (unpaired) electrons. The molecular formula is C12H16N2O4. The number of aromatic carboxylic acids is 1. The van der Waals surface area contributed by atoms with Gasteiger partial charge in [-0.2, -0.15) is 0 Å². The molecular weight excluding hydrogens is 236 g/mol. The van der Waals surface area contributed by atoms with Gasteiger partial charge in [0, 0.05) is 12.1 Å². The number of carboxylic acids is 1. The summed E-state index contributed by atoms with van der Waals surface area (Å²) in [6.45, 7) is 5.91. The van der Waals surface area contributed by atoms with Crippen molar-refractivity contribution in [3.63, 3.8) is 0 Å². The van der Waals surface area contributed by atoms with E-state index in [1.165, 1.54) is 12.1 Å². The molecule has 0 bridgehead atoms. The molecule has 1 aromatic rings. The van der Waals surface area contributed by atoms with Gasteiger partial charge in [0.25, 0.3) is 5.69 Å². The molecule has 18 heavy (non-hydrogen) atoms. The maximum Gasteiger partial charge on any atom is 0.335 e. The number of nitro benzene ring substituents is 1. The van der Waals surface area contributed by atoms with E-state index < -0.39 is 10.9 Å². The molecule has 1 aromatic carbocycles. The summed E-state index contributed by atoms with van der Waals surface area (Å²) >= 11 is 0. The fourth-order valence-corrected chi connectivity index (χ4v) is 1.35. The average Bonchev–Trinajstić information content (AvgIpc) is 2.28. The molecule has 6 heteroatoms. The number of rotatable bonds is 5. The summed E-state index contributed by atoms with van der Waals surface area (Å²) in [6, 6.07) is 3.91. The highest BCUT2D eigenvalue weighted by atomic mass is 16.6. The maximum absolute atomic E-state index is 10.9. The van der Waals surface area contributed by atoms with Crippen molar-refractivity contribution in [3.05, 3.63) is 33.9 Å². The van der Waals surface area contributed by atoms with Crippen molar-refractivity contribution in [2.75, 3.05) is 5.32 Å². The molecule has 0 aliphatic rings. The molecule has 0 aliphatic heterocycles. The molecule has 0 heterocycles. The van der Waals surface area contributed by atoms with Crippen LogP contribution in [0.4, 0.5) is 11.4 Å². The minimum absolute atomic E-state index is 0.0550. The molecule has 0 saturated carbocycles. The average molecular weight is 252 g/mol. The van der Waals surface area contributed by atoms with Crippen LogP contribution >= 0.6 is 0 Å². The van der Waals surface area contributed by atoms with Gasteiger partial charge >= 0.3 is 5.97 Å². The van der Waals surface area contributed by atoms with Crippen LogP contribution in [0.1, 0.15) is 31.1 Å². The lowest BCUT2D eigenvalue weighted by Gasteiger charge is -2.18. The molecule has 0 saturated heterocycles. The van der Waals surface area contributed by atoms with Gasteiger partial charge in [-0.25, -0.2) is 4.79 Å². The molecule has 6 nitrogen and oxygen atoms in total. The number of carbonyl (C=O) groups is 1. The van der Waals surface area contributed by atoms with Crippen LogP contribution in [0.3, 0.4) is 0 Å². The molecule has 0 spiro atoms. The van der Waals surface area contributed by atoms with Crippen LogP contribution in [-0.4, -0.2) is 22.0 Å². The molecule has 2 N–H and O–H groups in total. The Labute approximate surface area is 105 Å². The standard InChI is InChI=1S/C12H16N2O4/c1-7(2)8(3)13-10-5-4-9(12(15)16)6-11(10)14(17)18/h4-8,13H,1-3H3,(H,15,16). The first-order valence-electron chi connectivity index (χ1n) is 5.61. The van der Waals surface area contributed by atoms with Crippen molar-refractivity contribution < 1.29 is 14.8 Å². The summed E-state index contributed by atoms with van der Waals surface area (Å²) in [6.07, 6.45) is 0. The first kappa shape index (κ1) is 14.0. The third-order valence-electron chi connectivity index (χ3n) is 2.82. The molecule has 98 valence electrons. The number of anilines is 1. The predicted molar refractivity (Wildman–Crippen MR) is 68.0 cm³/mol. The van der Waals surface area contributed by atoms with Gasteiger partial charge in [0.1, 0.15) is 5.69 Å². The topological polar surface area (TPSA) is 92.5 Å². The van der Waals surface area contributed by atoms with Gasteiger partial charge in [0.2, 0.25) is 0 Å². The predicted octanol–water partition coefficient (Wildman–Crippen LogP) is 2.75. The second kappa shape index (κ2) is 5.48. The molecule has 0 amide bonds. The Hall–Kier alpha value is -2.11. The zero-order valence-corrected chi connectivity index (χ0v) is 10.5. The van der Waals surface area contributed by atoms with Crippen LogP contribution in [0.5, 0.6) is 0 Å². The van der Waals surface area contributed by atoms with E-state index in [-0.39, 0.29) is 17.3 Å². The largest absolute Gasteiger partial charge is 0.478 e. The second-order valence-electron chi connectivity index (χ2n) is 4.47. The number of nitrogens with one attached hydrogen (secondary N) is 1. The van der Waals surface area contributed by atoms with E-state index >= 15 is 0 Å². The molecule has 0 aliphatic carbocycles. The lowest BCUT2D eigenvalue weighted by Crippen LogP contribution is -2.22. The number of hydrogen-bond donors (Lipinski definition) is 2. The fourth-order valence-electron chi connectivity index (χ4n) is 1.35. The molecule has 0 aromatic heterocycles. The van der Waals surface area contributed by atoms with Gasteiger partial charge in [-0.05, 0) is 25.0 Å². The molecule has 1 unspecified atom stereocenters. The Morgan fingerprint density at radius 3 is 2.44 bits per heavy atom. The second-order valence-corrected chi connectivity index (χ2v) is 4.47. The summed E-state index contributed by atoms with van der Waals surface area (Å²) < 4.78 is 0. The highest BCUT2D eigenvalue weighted by molar-refractivity contribution is 5.89. The van der Waals surface area contributed by atoms with E-state index in [9.17, 15) is 14.9 Å². The zero-order chi connectivity index (χ0) is 13.9. The SMILES string of the molecule is CC(C)C(C)Nc1ccc(C(=O)O)cc1[N+](=O)[O-]. The lowest BCUT2D eigenvalue weighted by molar-refractivity contribution is -0.384. The first-order chi connectivity index (χ1) is 8.32. The third kappa shape index (κ3) is 3.19. The number of benzene rings is 1. The summed E-state index contributed by atoms with van der Waals surface area (Å²) in [4.78, 5) is 21.1. The number of nitro groups is 1.